The first-order valence-corrected chi connectivity index (χ1v) is 18.3. The Morgan fingerprint density at radius 1 is 0.811 bits per heavy atom. The first-order chi connectivity index (χ1) is 25.9. The van der Waals surface area contributed by atoms with Gasteiger partial charge in [-0.25, -0.2) is 0 Å². The number of anilines is 2. The molecule has 3 amide bonds. The van der Waals surface area contributed by atoms with Crippen molar-refractivity contribution < 1.29 is 24.2 Å². The fraction of sp³-hybridized carbons (Fsp3) is 0.359. The highest BCUT2D eigenvalue weighted by molar-refractivity contribution is 6.02. The predicted molar refractivity (Wildman–Crippen MR) is 196 cm³/mol. The average molecular weight is 714 g/mol. The second-order valence-electron chi connectivity index (χ2n) is 14.2. The molecule has 14 nitrogen and oxygen atoms in total. The minimum atomic E-state index is -0.373. The number of fused-ring (bicyclic) bond motifs is 2. The molecule has 2 N–H and O–H groups in total. The number of ether oxygens (including phenoxy) is 1. The topological polar surface area (TPSA) is 159 Å². The number of benzene rings is 2. The van der Waals surface area contributed by atoms with Gasteiger partial charge in [-0.3, -0.25) is 34.1 Å². The molecule has 3 aromatic heterocycles. The molecule has 14 heteroatoms. The summed E-state index contributed by atoms with van der Waals surface area (Å²) in [6.07, 6.45) is 6.63. The minimum Gasteiger partial charge on any atom is -0.507 e. The zero-order valence-corrected chi connectivity index (χ0v) is 29.1. The molecule has 4 aliphatic rings. The molecule has 0 radical (unpaired) electrons. The van der Waals surface area contributed by atoms with E-state index in [0.717, 1.165) is 49.2 Å². The molecule has 53 heavy (non-hydrogen) atoms. The molecular weight excluding hydrogens is 674 g/mol. The summed E-state index contributed by atoms with van der Waals surface area (Å²) < 4.78 is 8.11. The standard InChI is InChI=1S/C39H39N9O5/c49-33-7-2-1-4-27(33)29-22-32-28(41-42-29)16-17-47(32)34-13-14-35(44-43-34)48-19-18-45(23-37(48)51)25-10-8-24(9-11-25)26-5-3-6-30-38(26)53-21-20-46(30)31-12-15-36(50)40-39(31)52/h1-7,13-14,16-17,22,24-25,31,49H,8-12,15,18-21,23H2,(H,40,50,52). The Balaban J connectivity index is 0.836. The number of carbonyl (C=O) groups is 3. The van der Waals surface area contributed by atoms with Crippen molar-refractivity contribution in [1.82, 2.24) is 35.2 Å². The summed E-state index contributed by atoms with van der Waals surface area (Å²) in [7, 11) is 0. The number of nitrogens with one attached hydrogen (secondary N) is 1. The van der Waals surface area contributed by atoms with Crippen LogP contribution in [0.2, 0.25) is 0 Å². The zero-order valence-electron chi connectivity index (χ0n) is 29.1. The molecule has 2 aromatic carbocycles. The maximum atomic E-state index is 13.5. The van der Waals surface area contributed by atoms with Crippen LogP contribution in [0.15, 0.2) is 72.9 Å². The molecular formula is C39H39N9O5. The summed E-state index contributed by atoms with van der Waals surface area (Å²) in [5.41, 5.74) is 4.70. The second-order valence-corrected chi connectivity index (χ2v) is 14.2. The van der Waals surface area contributed by atoms with Crippen LogP contribution in [0.3, 0.4) is 0 Å². The van der Waals surface area contributed by atoms with E-state index >= 15 is 0 Å². The molecule has 1 aliphatic carbocycles. The summed E-state index contributed by atoms with van der Waals surface area (Å²) in [6, 6.07) is 20.6. The quantitative estimate of drug-likeness (QED) is 0.246. The van der Waals surface area contributed by atoms with Crippen LogP contribution in [0.1, 0.15) is 50.0 Å². The summed E-state index contributed by atoms with van der Waals surface area (Å²) in [6.45, 7) is 2.73. The second kappa shape index (κ2) is 13.6. The molecule has 6 heterocycles. The molecule has 2 saturated heterocycles. The van der Waals surface area contributed by atoms with E-state index in [1.54, 1.807) is 23.1 Å². The third kappa shape index (κ3) is 6.12. The van der Waals surface area contributed by atoms with E-state index in [-0.39, 0.29) is 29.5 Å². The van der Waals surface area contributed by atoms with Crippen LogP contribution in [-0.2, 0) is 14.4 Å². The van der Waals surface area contributed by atoms with Gasteiger partial charge in [-0.05, 0) is 86.1 Å². The summed E-state index contributed by atoms with van der Waals surface area (Å²) in [5.74, 6) is 1.98. The third-order valence-electron chi connectivity index (χ3n) is 11.2. The third-order valence-corrected chi connectivity index (χ3v) is 11.2. The molecule has 270 valence electrons. The van der Waals surface area contributed by atoms with Crippen molar-refractivity contribution in [3.63, 3.8) is 0 Å². The zero-order chi connectivity index (χ0) is 36.1. The Morgan fingerprint density at radius 3 is 2.43 bits per heavy atom. The molecule has 1 atom stereocenters. The number of piperazine rings is 1. The molecule has 3 fully saturated rings. The Labute approximate surface area is 305 Å². The van der Waals surface area contributed by atoms with Crippen molar-refractivity contribution >= 4 is 40.3 Å². The van der Waals surface area contributed by atoms with Gasteiger partial charge in [0.05, 0.1) is 30.0 Å². The fourth-order valence-corrected chi connectivity index (χ4v) is 8.45. The van der Waals surface area contributed by atoms with Gasteiger partial charge in [0.15, 0.2) is 11.6 Å². The van der Waals surface area contributed by atoms with Crippen LogP contribution >= 0.6 is 0 Å². The number of hydrogen-bond donors (Lipinski definition) is 2. The van der Waals surface area contributed by atoms with Crippen LogP contribution < -0.4 is 19.9 Å². The molecule has 0 bridgehead atoms. The number of phenolic OH excluding ortho intramolecular Hbond substituents is 1. The van der Waals surface area contributed by atoms with Gasteiger partial charge in [0.2, 0.25) is 17.7 Å². The van der Waals surface area contributed by atoms with Gasteiger partial charge >= 0.3 is 0 Å². The van der Waals surface area contributed by atoms with E-state index in [1.807, 2.05) is 53.2 Å². The number of para-hydroxylation sites is 2. The molecule has 1 saturated carbocycles. The lowest BCUT2D eigenvalue weighted by molar-refractivity contribution is -0.134. The average Bonchev–Trinajstić information content (AvgIpc) is 3.61. The number of imide groups is 1. The van der Waals surface area contributed by atoms with Crippen LogP contribution in [0.25, 0.3) is 28.1 Å². The number of hydrogen-bond acceptors (Lipinski definition) is 11. The van der Waals surface area contributed by atoms with E-state index in [2.05, 4.69) is 41.6 Å². The smallest absolute Gasteiger partial charge is 0.249 e. The van der Waals surface area contributed by atoms with Gasteiger partial charge in [-0.2, -0.15) is 0 Å². The van der Waals surface area contributed by atoms with E-state index < -0.39 is 0 Å². The van der Waals surface area contributed by atoms with Gasteiger partial charge in [0, 0.05) is 37.3 Å². The molecule has 1 unspecified atom stereocenters. The molecule has 9 rings (SSSR count). The Morgan fingerprint density at radius 2 is 1.64 bits per heavy atom. The number of nitrogens with zero attached hydrogens (tertiary/aromatic N) is 8. The first-order valence-electron chi connectivity index (χ1n) is 18.3. The largest absolute Gasteiger partial charge is 0.507 e. The van der Waals surface area contributed by atoms with Crippen molar-refractivity contribution in [2.24, 2.45) is 0 Å². The number of aromatic nitrogens is 5. The van der Waals surface area contributed by atoms with Crippen LogP contribution in [-0.4, -0.2) is 97.6 Å². The Hall–Kier alpha value is -5.89. The molecule has 0 spiro atoms. The van der Waals surface area contributed by atoms with E-state index in [9.17, 15) is 19.5 Å². The number of carbonyl (C=O) groups excluding carboxylic acids is 3. The lowest BCUT2D eigenvalue weighted by Crippen LogP contribution is -2.54. The predicted octanol–water partition coefficient (Wildman–Crippen LogP) is 3.96. The Kier molecular flexibility index (Phi) is 8.45. The van der Waals surface area contributed by atoms with Crippen molar-refractivity contribution in [3.05, 3.63) is 78.5 Å². The summed E-state index contributed by atoms with van der Waals surface area (Å²) in [4.78, 5) is 44.1. The lowest BCUT2D eigenvalue weighted by atomic mass is 9.80. The fourth-order valence-electron chi connectivity index (χ4n) is 8.45. The van der Waals surface area contributed by atoms with Gasteiger partial charge in [-0.15, -0.1) is 20.4 Å². The first kappa shape index (κ1) is 33.0. The van der Waals surface area contributed by atoms with Crippen molar-refractivity contribution in [3.8, 4) is 28.6 Å². The highest BCUT2D eigenvalue weighted by Gasteiger charge is 2.37. The normalized spacial score (nSPS) is 22.4. The lowest BCUT2D eigenvalue weighted by Gasteiger charge is -2.42. The van der Waals surface area contributed by atoms with Gasteiger partial charge in [-0.1, -0.05) is 24.3 Å². The molecule has 5 aromatic rings. The highest BCUT2D eigenvalue weighted by atomic mass is 16.5. The number of phenols is 1. The van der Waals surface area contributed by atoms with Crippen LogP contribution in [0, 0.1) is 0 Å². The maximum absolute atomic E-state index is 13.5. The SMILES string of the molecule is O=C1CCC(N2CCOc3c(C4CCC(N5CCN(c6ccc(-n7ccc8nnc(-c9ccccc9O)cc87)nn6)C(=O)C5)CC4)cccc32)C(=O)N1. The summed E-state index contributed by atoms with van der Waals surface area (Å²) >= 11 is 0. The highest BCUT2D eigenvalue weighted by Crippen LogP contribution is 2.45. The van der Waals surface area contributed by atoms with Gasteiger partial charge in [0.25, 0.3) is 0 Å². The number of amides is 3. The number of aromatic hydroxyl groups is 1. The van der Waals surface area contributed by atoms with Crippen LogP contribution in [0.4, 0.5) is 11.5 Å². The maximum Gasteiger partial charge on any atom is 0.249 e. The summed E-state index contributed by atoms with van der Waals surface area (Å²) in [5, 5.41) is 30.4. The monoisotopic (exact) mass is 713 g/mol. The van der Waals surface area contributed by atoms with Crippen molar-refractivity contribution in [1.29, 1.82) is 0 Å². The van der Waals surface area contributed by atoms with Gasteiger partial charge < -0.3 is 14.7 Å². The van der Waals surface area contributed by atoms with Crippen molar-refractivity contribution in [2.75, 3.05) is 42.6 Å². The van der Waals surface area contributed by atoms with E-state index in [1.165, 1.54) is 5.56 Å². The number of piperidine rings is 1. The van der Waals surface area contributed by atoms with E-state index in [4.69, 9.17) is 4.74 Å². The molecule has 3 aliphatic heterocycles. The van der Waals surface area contributed by atoms with Crippen molar-refractivity contribution in [2.45, 2.75) is 56.5 Å². The minimum absolute atomic E-state index is 0.00786. The van der Waals surface area contributed by atoms with Gasteiger partial charge in [0.1, 0.15) is 29.7 Å². The Bertz CT molecular complexity index is 2210. The van der Waals surface area contributed by atoms with Crippen LogP contribution in [0.5, 0.6) is 11.5 Å². The van der Waals surface area contributed by atoms with E-state index in [0.29, 0.717) is 79.5 Å². The number of rotatable bonds is 6.